The summed E-state index contributed by atoms with van der Waals surface area (Å²) in [5.74, 6) is 1.44. The Hall–Kier alpha value is -1.32. The molecule has 64 valence electrons. The van der Waals surface area contributed by atoms with Crippen LogP contribution in [0.5, 0.6) is 0 Å². The van der Waals surface area contributed by atoms with Crippen LogP contribution in [0, 0.1) is 11.3 Å². The van der Waals surface area contributed by atoms with E-state index in [1.54, 1.807) is 6.20 Å². The summed E-state index contributed by atoms with van der Waals surface area (Å²) in [4.78, 5) is 0. The zero-order valence-corrected chi connectivity index (χ0v) is 6.71. The number of nitrogens with two attached hydrogens (primary N) is 1. The Balaban J connectivity index is 2.20. The zero-order chi connectivity index (χ0) is 8.55. The Bertz CT molecular complexity index is 305. The maximum atomic E-state index is 7.31. The molecule has 0 saturated heterocycles. The number of nitrogens with zero attached hydrogens (tertiary/aromatic N) is 1. The minimum absolute atomic E-state index is 0.192. The summed E-state index contributed by atoms with van der Waals surface area (Å²) >= 11 is 0. The summed E-state index contributed by atoms with van der Waals surface area (Å²) in [7, 11) is 0. The lowest BCUT2D eigenvalue weighted by Gasteiger charge is -2.18. The average molecular weight is 165 g/mol. The van der Waals surface area contributed by atoms with E-state index >= 15 is 0 Å². The van der Waals surface area contributed by atoms with Gasteiger partial charge < -0.3 is 10.3 Å². The van der Waals surface area contributed by atoms with Gasteiger partial charge in [-0.3, -0.25) is 5.41 Å². The second kappa shape index (κ2) is 2.62. The molecule has 1 atom stereocenters. The number of amidine groups is 1. The molecule has 0 amide bonds. The van der Waals surface area contributed by atoms with Gasteiger partial charge in [0.15, 0.2) is 0 Å². The maximum Gasteiger partial charge on any atom is 0.139 e. The smallest absolute Gasteiger partial charge is 0.139 e. The summed E-state index contributed by atoms with van der Waals surface area (Å²) in [5, 5.41) is 11.0. The molecular weight excluding hydrogens is 154 g/mol. The van der Waals surface area contributed by atoms with Gasteiger partial charge in [0.1, 0.15) is 5.76 Å². The van der Waals surface area contributed by atoms with Crippen molar-refractivity contribution in [2.75, 3.05) is 0 Å². The van der Waals surface area contributed by atoms with Crippen LogP contribution in [0.25, 0.3) is 0 Å². The summed E-state index contributed by atoms with van der Waals surface area (Å²) in [6.45, 7) is 0. The maximum absolute atomic E-state index is 7.31. The van der Waals surface area contributed by atoms with Crippen molar-refractivity contribution < 1.29 is 4.52 Å². The molecule has 4 nitrogen and oxygen atoms in total. The molecule has 0 saturated carbocycles. The molecule has 2 rings (SSSR count). The molecule has 0 unspecified atom stereocenters. The molecule has 0 radical (unpaired) electrons. The SMILES string of the molecule is N=C(N)[C@H]1CCc2oncc2C1. The fraction of sp³-hybridized carbons (Fsp3) is 0.500. The Morgan fingerprint density at radius 1 is 1.75 bits per heavy atom. The van der Waals surface area contributed by atoms with Gasteiger partial charge in [-0.25, -0.2) is 0 Å². The van der Waals surface area contributed by atoms with Crippen molar-refractivity contribution in [3.63, 3.8) is 0 Å². The lowest BCUT2D eigenvalue weighted by molar-refractivity contribution is 0.365. The number of aromatic nitrogens is 1. The van der Waals surface area contributed by atoms with Crippen LogP contribution in [-0.4, -0.2) is 11.0 Å². The first-order valence-electron chi connectivity index (χ1n) is 4.03. The molecular formula is C8H11N3O. The van der Waals surface area contributed by atoms with Crippen LogP contribution in [0.15, 0.2) is 10.7 Å². The largest absolute Gasteiger partial charge is 0.387 e. The fourth-order valence-corrected chi connectivity index (χ4v) is 1.60. The number of nitrogens with one attached hydrogen (secondary N) is 1. The van der Waals surface area contributed by atoms with E-state index in [0.29, 0.717) is 0 Å². The first-order chi connectivity index (χ1) is 5.77. The number of aryl methyl sites for hydroxylation is 1. The molecule has 1 aromatic rings. The van der Waals surface area contributed by atoms with Crippen LogP contribution in [0.4, 0.5) is 0 Å². The normalized spacial score (nSPS) is 21.8. The highest BCUT2D eigenvalue weighted by molar-refractivity contribution is 5.80. The molecule has 0 bridgehead atoms. The highest BCUT2D eigenvalue weighted by Crippen LogP contribution is 2.24. The molecule has 4 heteroatoms. The predicted octanol–water partition coefficient (Wildman–Crippen LogP) is 0.715. The van der Waals surface area contributed by atoms with Gasteiger partial charge in [-0.2, -0.15) is 0 Å². The van der Waals surface area contributed by atoms with Crippen molar-refractivity contribution in [2.24, 2.45) is 11.7 Å². The Kier molecular flexibility index (Phi) is 1.60. The van der Waals surface area contributed by atoms with Crippen molar-refractivity contribution >= 4 is 5.84 Å². The van der Waals surface area contributed by atoms with Gasteiger partial charge in [-0.1, -0.05) is 5.16 Å². The number of rotatable bonds is 1. The number of hydrogen-bond acceptors (Lipinski definition) is 3. The molecule has 12 heavy (non-hydrogen) atoms. The molecule has 0 fully saturated rings. The van der Waals surface area contributed by atoms with Crippen LogP contribution >= 0.6 is 0 Å². The third-order valence-corrected chi connectivity index (χ3v) is 2.36. The summed E-state index contributed by atoms with van der Waals surface area (Å²) in [5.41, 5.74) is 6.54. The van der Waals surface area contributed by atoms with Crippen LogP contribution in [-0.2, 0) is 12.8 Å². The van der Waals surface area contributed by atoms with Crippen LogP contribution < -0.4 is 5.73 Å². The molecule has 3 N–H and O–H groups in total. The monoisotopic (exact) mass is 165 g/mol. The van der Waals surface area contributed by atoms with Gasteiger partial charge >= 0.3 is 0 Å². The van der Waals surface area contributed by atoms with Crippen molar-refractivity contribution in [3.05, 3.63) is 17.5 Å². The Morgan fingerprint density at radius 2 is 2.58 bits per heavy atom. The highest BCUT2D eigenvalue weighted by atomic mass is 16.5. The van der Waals surface area contributed by atoms with Gasteiger partial charge in [0, 0.05) is 17.9 Å². The summed E-state index contributed by atoms with van der Waals surface area (Å²) in [6, 6.07) is 0. The van der Waals surface area contributed by atoms with Crippen LogP contribution in [0.3, 0.4) is 0 Å². The molecule has 1 heterocycles. The topological polar surface area (TPSA) is 75.9 Å². The fourth-order valence-electron chi connectivity index (χ4n) is 1.60. The van der Waals surface area contributed by atoms with Crippen molar-refractivity contribution in [1.29, 1.82) is 5.41 Å². The van der Waals surface area contributed by atoms with E-state index in [2.05, 4.69) is 5.16 Å². The van der Waals surface area contributed by atoms with Gasteiger partial charge in [-0.05, 0) is 12.8 Å². The minimum Gasteiger partial charge on any atom is -0.387 e. The molecule has 1 aromatic heterocycles. The van der Waals surface area contributed by atoms with Crippen LogP contribution in [0.1, 0.15) is 17.7 Å². The number of fused-ring (bicyclic) bond motifs is 1. The highest BCUT2D eigenvalue weighted by Gasteiger charge is 2.23. The quantitative estimate of drug-likeness (QED) is 0.475. The summed E-state index contributed by atoms with van der Waals surface area (Å²) in [6.07, 6.45) is 4.32. The molecule has 0 aromatic carbocycles. The molecule has 0 spiro atoms. The first-order valence-corrected chi connectivity index (χ1v) is 4.03. The van der Waals surface area contributed by atoms with Gasteiger partial charge in [0.2, 0.25) is 0 Å². The average Bonchev–Trinajstić information content (AvgIpc) is 2.49. The Labute approximate surface area is 70.2 Å². The standard InChI is InChI=1S/C8H11N3O/c9-8(10)5-1-2-7-6(3-5)4-11-12-7/h4-5H,1-3H2,(H3,9,10)/t5-/m0/s1. The zero-order valence-electron chi connectivity index (χ0n) is 6.71. The van der Waals surface area contributed by atoms with E-state index < -0.39 is 0 Å². The van der Waals surface area contributed by atoms with E-state index in [-0.39, 0.29) is 11.8 Å². The predicted molar refractivity (Wildman–Crippen MR) is 43.9 cm³/mol. The van der Waals surface area contributed by atoms with E-state index in [1.165, 1.54) is 0 Å². The van der Waals surface area contributed by atoms with Gasteiger partial charge in [-0.15, -0.1) is 0 Å². The third kappa shape index (κ3) is 1.09. The van der Waals surface area contributed by atoms with E-state index in [4.69, 9.17) is 15.7 Å². The molecule has 1 aliphatic rings. The van der Waals surface area contributed by atoms with Crippen molar-refractivity contribution in [1.82, 2.24) is 5.16 Å². The van der Waals surface area contributed by atoms with Crippen molar-refractivity contribution in [2.45, 2.75) is 19.3 Å². The van der Waals surface area contributed by atoms with E-state index in [1.807, 2.05) is 0 Å². The minimum atomic E-state index is 0.192. The molecule has 0 aliphatic heterocycles. The number of hydrogen-bond donors (Lipinski definition) is 2. The lowest BCUT2D eigenvalue weighted by Crippen LogP contribution is -2.27. The van der Waals surface area contributed by atoms with Gasteiger partial charge in [0.25, 0.3) is 0 Å². The Morgan fingerprint density at radius 3 is 3.33 bits per heavy atom. The second-order valence-corrected chi connectivity index (χ2v) is 3.17. The lowest BCUT2D eigenvalue weighted by atomic mass is 9.88. The van der Waals surface area contributed by atoms with Gasteiger partial charge in [0.05, 0.1) is 12.0 Å². The van der Waals surface area contributed by atoms with Crippen LogP contribution in [0.2, 0.25) is 0 Å². The second-order valence-electron chi connectivity index (χ2n) is 3.17. The molecule has 1 aliphatic carbocycles. The van der Waals surface area contributed by atoms with E-state index in [0.717, 1.165) is 30.6 Å². The van der Waals surface area contributed by atoms with Crippen molar-refractivity contribution in [3.8, 4) is 0 Å². The first kappa shape index (κ1) is 7.34. The summed E-state index contributed by atoms with van der Waals surface area (Å²) < 4.78 is 5.02. The third-order valence-electron chi connectivity index (χ3n) is 2.36. The van der Waals surface area contributed by atoms with E-state index in [9.17, 15) is 0 Å².